The number of allylic oxidation sites excluding steroid dienone is 2. The zero-order chi connectivity index (χ0) is 47.0. The summed E-state index contributed by atoms with van der Waals surface area (Å²) in [5.74, 6) is -0.0225. The summed E-state index contributed by atoms with van der Waals surface area (Å²) in [5.41, 5.74) is 0. The van der Waals surface area contributed by atoms with Crippen LogP contribution in [0.3, 0.4) is 0 Å². The molecule has 0 radical (unpaired) electrons. The lowest BCUT2D eigenvalue weighted by Gasteiger charge is -2.22. The molecule has 0 aliphatic heterocycles. The summed E-state index contributed by atoms with van der Waals surface area (Å²) in [5, 5.41) is 23.4. The van der Waals surface area contributed by atoms with Gasteiger partial charge in [-0.15, -0.1) is 0 Å². The van der Waals surface area contributed by atoms with Crippen LogP contribution < -0.4 is 5.32 Å². The molecule has 1 amide bonds. The molecule has 0 fully saturated rings. The molecule has 2 atom stereocenters. The van der Waals surface area contributed by atoms with Crippen molar-refractivity contribution in [2.24, 2.45) is 0 Å². The van der Waals surface area contributed by atoms with Crippen LogP contribution in [0.4, 0.5) is 0 Å². The van der Waals surface area contributed by atoms with Crippen molar-refractivity contribution in [2.45, 2.75) is 366 Å². The van der Waals surface area contributed by atoms with Crippen LogP contribution in [0.25, 0.3) is 0 Å². The highest BCUT2D eigenvalue weighted by atomic mass is 16.3. The summed E-state index contributed by atoms with van der Waals surface area (Å²) < 4.78 is 0. The van der Waals surface area contributed by atoms with E-state index in [-0.39, 0.29) is 12.5 Å². The average Bonchev–Trinajstić information content (AvgIpc) is 3.31. The van der Waals surface area contributed by atoms with Gasteiger partial charge in [-0.3, -0.25) is 4.79 Å². The van der Waals surface area contributed by atoms with E-state index in [1.807, 2.05) is 0 Å². The van der Waals surface area contributed by atoms with Crippen LogP contribution in [0.15, 0.2) is 12.2 Å². The van der Waals surface area contributed by atoms with Gasteiger partial charge < -0.3 is 15.5 Å². The van der Waals surface area contributed by atoms with Crippen LogP contribution >= 0.6 is 0 Å². The first-order chi connectivity index (χ1) is 32.2. The molecule has 0 rings (SSSR count). The Hall–Kier alpha value is -0.870. The summed E-state index contributed by atoms with van der Waals surface area (Å²) in [6.45, 7) is 4.40. The van der Waals surface area contributed by atoms with Gasteiger partial charge in [-0.05, 0) is 38.5 Å². The van der Waals surface area contributed by atoms with E-state index < -0.39 is 12.1 Å². The maximum absolute atomic E-state index is 12.5. The number of aliphatic hydroxyl groups excluding tert-OH is 2. The Morgan fingerprint density at radius 3 is 0.846 bits per heavy atom. The van der Waals surface area contributed by atoms with Gasteiger partial charge in [0, 0.05) is 6.42 Å². The number of amides is 1. The van der Waals surface area contributed by atoms with Gasteiger partial charge in [-0.1, -0.05) is 321 Å². The second-order valence-corrected chi connectivity index (χ2v) is 21.1. The SMILES string of the molecule is CCCCCCCCCC/C=C\CCCCCCCCCCCCCCCCCCCCCCCC(=O)NC(CO)C(O)CCCCCCCCCCCCCCCCCCCCCC. The molecule has 0 saturated heterocycles. The maximum Gasteiger partial charge on any atom is 0.220 e. The molecule has 0 heterocycles. The van der Waals surface area contributed by atoms with E-state index >= 15 is 0 Å². The average molecular weight is 917 g/mol. The molecule has 4 heteroatoms. The molecular formula is C61H121NO3. The third-order valence-electron chi connectivity index (χ3n) is 14.5. The molecule has 4 nitrogen and oxygen atoms in total. The van der Waals surface area contributed by atoms with Crippen molar-refractivity contribution in [3.05, 3.63) is 12.2 Å². The largest absolute Gasteiger partial charge is 0.394 e. The van der Waals surface area contributed by atoms with Gasteiger partial charge in [0.25, 0.3) is 0 Å². The molecule has 0 aromatic carbocycles. The van der Waals surface area contributed by atoms with E-state index in [1.165, 1.54) is 302 Å². The fraction of sp³-hybridized carbons (Fsp3) is 0.951. The summed E-state index contributed by atoms with van der Waals surface area (Å²) in [6.07, 6.45) is 75.1. The van der Waals surface area contributed by atoms with Gasteiger partial charge in [0.15, 0.2) is 0 Å². The fourth-order valence-electron chi connectivity index (χ4n) is 9.89. The number of carbonyl (C=O) groups is 1. The molecule has 2 unspecified atom stereocenters. The van der Waals surface area contributed by atoms with Crippen molar-refractivity contribution >= 4 is 5.91 Å². The molecule has 0 spiro atoms. The second kappa shape index (κ2) is 57.4. The lowest BCUT2D eigenvalue weighted by Crippen LogP contribution is -2.45. The monoisotopic (exact) mass is 916 g/mol. The zero-order valence-electron chi connectivity index (χ0n) is 44.8. The Labute approximate surface area is 409 Å². The van der Waals surface area contributed by atoms with E-state index in [4.69, 9.17) is 0 Å². The van der Waals surface area contributed by atoms with Gasteiger partial charge in [-0.25, -0.2) is 0 Å². The number of unbranched alkanes of at least 4 members (excludes halogenated alkanes) is 48. The van der Waals surface area contributed by atoms with E-state index in [1.54, 1.807) is 0 Å². The highest BCUT2D eigenvalue weighted by Gasteiger charge is 2.20. The molecule has 65 heavy (non-hydrogen) atoms. The third kappa shape index (κ3) is 53.9. The van der Waals surface area contributed by atoms with E-state index in [9.17, 15) is 15.0 Å². The van der Waals surface area contributed by atoms with Crippen LogP contribution in [-0.2, 0) is 4.79 Å². The van der Waals surface area contributed by atoms with Crippen LogP contribution in [0.5, 0.6) is 0 Å². The Morgan fingerprint density at radius 1 is 0.354 bits per heavy atom. The number of carbonyl (C=O) groups excluding carboxylic acids is 1. The van der Waals surface area contributed by atoms with E-state index in [2.05, 4.69) is 31.3 Å². The van der Waals surface area contributed by atoms with Crippen LogP contribution in [0.1, 0.15) is 354 Å². The number of hydrogen-bond acceptors (Lipinski definition) is 3. The van der Waals surface area contributed by atoms with Crippen molar-refractivity contribution in [2.75, 3.05) is 6.61 Å². The second-order valence-electron chi connectivity index (χ2n) is 21.1. The molecule has 3 N–H and O–H groups in total. The lowest BCUT2D eigenvalue weighted by molar-refractivity contribution is -0.123. The van der Waals surface area contributed by atoms with Crippen molar-refractivity contribution in [3.63, 3.8) is 0 Å². The third-order valence-corrected chi connectivity index (χ3v) is 14.5. The van der Waals surface area contributed by atoms with E-state index in [0.717, 1.165) is 25.7 Å². The summed E-state index contributed by atoms with van der Waals surface area (Å²) in [7, 11) is 0. The smallest absolute Gasteiger partial charge is 0.220 e. The number of hydrogen-bond donors (Lipinski definition) is 3. The van der Waals surface area contributed by atoms with Crippen molar-refractivity contribution in [1.82, 2.24) is 5.32 Å². The first kappa shape index (κ1) is 64.1. The lowest BCUT2D eigenvalue weighted by atomic mass is 10.0. The van der Waals surface area contributed by atoms with Gasteiger partial charge in [0.2, 0.25) is 5.91 Å². The minimum Gasteiger partial charge on any atom is -0.394 e. The van der Waals surface area contributed by atoms with Gasteiger partial charge >= 0.3 is 0 Å². The molecular weight excluding hydrogens is 795 g/mol. The fourth-order valence-corrected chi connectivity index (χ4v) is 9.89. The van der Waals surface area contributed by atoms with Crippen molar-refractivity contribution in [1.29, 1.82) is 0 Å². The summed E-state index contributed by atoms with van der Waals surface area (Å²) in [4.78, 5) is 12.5. The molecule has 0 aliphatic carbocycles. The van der Waals surface area contributed by atoms with Gasteiger partial charge in [0.1, 0.15) is 0 Å². The number of nitrogens with one attached hydrogen (secondary N) is 1. The standard InChI is InChI=1S/C61H121NO3/c1-3-5-7-9-11-13-15-17-19-21-23-25-26-27-28-29-30-31-32-33-34-35-36-37-39-41-43-45-47-49-51-53-55-57-61(65)62-59(58-63)60(64)56-54-52-50-48-46-44-42-40-38-24-22-20-18-16-14-12-10-8-6-4-2/h21,23,59-60,63-64H,3-20,22,24-58H2,1-2H3,(H,62,65)/b23-21-. The minimum absolute atomic E-state index is 0.0225. The summed E-state index contributed by atoms with van der Waals surface area (Å²) in [6, 6.07) is -0.533. The molecule has 0 aromatic heterocycles. The molecule has 0 bridgehead atoms. The predicted molar refractivity (Wildman–Crippen MR) is 290 cm³/mol. The van der Waals surface area contributed by atoms with Crippen LogP contribution in [0.2, 0.25) is 0 Å². The van der Waals surface area contributed by atoms with Crippen LogP contribution in [0, 0.1) is 0 Å². The number of rotatable bonds is 57. The topological polar surface area (TPSA) is 69.6 Å². The van der Waals surface area contributed by atoms with Crippen molar-refractivity contribution in [3.8, 4) is 0 Å². The van der Waals surface area contributed by atoms with E-state index in [0.29, 0.717) is 12.8 Å². The Balaban J connectivity index is 3.38. The maximum atomic E-state index is 12.5. The first-order valence-corrected chi connectivity index (χ1v) is 30.4. The molecule has 388 valence electrons. The Bertz CT molecular complexity index is 905. The Kier molecular flexibility index (Phi) is 56.7. The molecule has 0 aliphatic rings. The van der Waals surface area contributed by atoms with Crippen LogP contribution in [-0.4, -0.2) is 34.9 Å². The Morgan fingerprint density at radius 2 is 0.585 bits per heavy atom. The zero-order valence-corrected chi connectivity index (χ0v) is 44.8. The normalized spacial score (nSPS) is 12.7. The van der Waals surface area contributed by atoms with Gasteiger partial charge in [-0.2, -0.15) is 0 Å². The van der Waals surface area contributed by atoms with Gasteiger partial charge in [0.05, 0.1) is 18.8 Å². The minimum atomic E-state index is -0.656. The quantitative estimate of drug-likeness (QED) is 0.0421. The number of aliphatic hydroxyl groups is 2. The van der Waals surface area contributed by atoms with Crippen molar-refractivity contribution < 1.29 is 15.0 Å². The molecule has 0 saturated carbocycles. The predicted octanol–water partition coefficient (Wildman–Crippen LogP) is 20.1. The molecule has 0 aromatic rings. The highest BCUT2D eigenvalue weighted by Crippen LogP contribution is 2.18. The summed E-state index contributed by atoms with van der Waals surface area (Å²) >= 11 is 0. The highest BCUT2D eigenvalue weighted by molar-refractivity contribution is 5.76. The first-order valence-electron chi connectivity index (χ1n) is 30.4.